The van der Waals surface area contributed by atoms with Crippen LogP contribution in [0.5, 0.6) is 0 Å². The van der Waals surface area contributed by atoms with Gasteiger partial charge in [0.1, 0.15) is 0 Å². The zero-order valence-electron chi connectivity index (χ0n) is 12.8. The Morgan fingerprint density at radius 3 is 2.38 bits per heavy atom. The first-order chi connectivity index (χ1) is 9.77. The summed E-state index contributed by atoms with van der Waals surface area (Å²) in [6, 6.07) is 0. The smallest absolute Gasteiger partial charge is 0.404 e. The molecule has 124 valence electrons. The molecule has 0 radical (unpaired) electrons. The second-order valence-electron chi connectivity index (χ2n) is 5.51. The molecular weight excluding hydrogens is 391 g/mol. The first-order valence-corrected chi connectivity index (χ1v) is 8.28. The molecule has 0 aliphatic carbocycles. The van der Waals surface area contributed by atoms with E-state index in [1.165, 1.54) is 0 Å². The van der Waals surface area contributed by atoms with Crippen molar-refractivity contribution >= 4 is 34.6 Å². The average Bonchev–Trinajstić information content (AvgIpc) is 2.38. The minimum Gasteiger partial charge on any atom is -0.465 e. The number of halogens is 1. The summed E-state index contributed by atoms with van der Waals surface area (Å²) in [7, 11) is 0. The summed E-state index contributed by atoms with van der Waals surface area (Å²) >= 11 is 1.99. The van der Waals surface area contributed by atoms with E-state index in [1.807, 2.05) is 43.4 Å². The Morgan fingerprint density at radius 2 is 1.86 bits per heavy atom. The molecule has 0 bridgehead atoms. The van der Waals surface area contributed by atoms with Gasteiger partial charge in [-0.3, -0.25) is 4.79 Å². The third-order valence-electron chi connectivity index (χ3n) is 2.64. The summed E-state index contributed by atoms with van der Waals surface area (Å²) < 4.78 is 11.4. The molecule has 3 N–H and O–H groups in total. The molecule has 0 spiro atoms. The van der Waals surface area contributed by atoms with Crippen LogP contribution in [0.25, 0.3) is 0 Å². The molecule has 21 heavy (non-hydrogen) atoms. The van der Waals surface area contributed by atoms with Gasteiger partial charge in [-0.05, 0) is 5.41 Å². The quantitative estimate of drug-likeness (QED) is 0.283. The van der Waals surface area contributed by atoms with Crippen LogP contribution in [0.3, 0.4) is 0 Å². The molecule has 0 saturated carbocycles. The number of hydrogen-bond donors (Lipinski definition) is 3. The zero-order chi connectivity index (χ0) is 16.3. The molecule has 8 heteroatoms. The van der Waals surface area contributed by atoms with Crippen molar-refractivity contribution in [2.75, 3.05) is 37.3 Å². The third-order valence-corrected chi connectivity index (χ3v) is 3.33. The number of ether oxygens (including phenoxy) is 2. The van der Waals surface area contributed by atoms with Gasteiger partial charge < -0.3 is 25.2 Å². The Bertz CT molecular complexity index is 320. The molecule has 0 fully saturated rings. The Hall–Kier alpha value is -0.610. The minimum atomic E-state index is -1.06. The number of alkyl halides is 1. The number of hydrogen-bond acceptors (Lipinski definition) is 4. The molecule has 7 nitrogen and oxygen atoms in total. The van der Waals surface area contributed by atoms with E-state index in [2.05, 4.69) is 10.6 Å². The number of nitrogens with one attached hydrogen (secondary N) is 2. The van der Waals surface area contributed by atoms with E-state index in [0.29, 0.717) is 30.8 Å². The van der Waals surface area contributed by atoms with Crippen molar-refractivity contribution in [1.82, 2.24) is 10.6 Å². The molecule has 1 atom stereocenters. The molecule has 0 aliphatic rings. The van der Waals surface area contributed by atoms with Crippen molar-refractivity contribution in [2.24, 2.45) is 5.41 Å². The molecule has 0 aromatic heterocycles. The van der Waals surface area contributed by atoms with Gasteiger partial charge in [0.25, 0.3) is 0 Å². The van der Waals surface area contributed by atoms with Crippen molar-refractivity contribution in [3.63, 3.8) is 0 Å². The molecule has 2 amide bonds. The summed E-state index contributed by atoms with van der Waals surface area (Å²) in [6.07, 6.45) is -1.29. The van der Waals surface area contributed by atoms with Gasteiger partial charge in [-0.1, -0.05) is 43.4 Å². The number of carbonyl (C=O) groups excluding carboxylic acids is 1. The van der Waals surface area contributed by atoms with E-state index in [4.69, 9.17) is 14.6 Å². The lowest BCUT2D eigenvalue weighted by molar-refractivity contribution is -0.118. The largest absolute Gasteiger partial charge is 0.465 e. The van der Waals surface area contributed by atoms with Crippen LogP contribution in [0.1, 0.15) is 20.8 Å². The normalized spacial score (nSPS) is 12.8. The zero-order valence-corrected chi connectivity index (χ0v) is 14.9. The van der Waals surface area contributed by atoms with Gasteiger partial charge >= 0.3 is 6.09 Å². The number of amides is 2. The van der Waals surface area contributed by atoms with Crippen LogP contribution in [0, 0.1) is 5.41 Å². The summed E-state index contributed by atoms with van der Waals surface area (Å²) in [6.45, 7) is 7.89. The topological polar surface area (TPSA) is 96.9 Å². The van der Waals surface area contributed by atoms with Gasteiger partial charge in [-0.25, -0.2) is 4.79 Å². The Kier molecular flexibility index (Phi) is 10.7. The summed E-state index contributed by atoms with van der Waals surface area (Å²) in [5.41, 5.74) is -0.170. The van der Waals surface area contributed by atoms with Crippen LogP contribution in [-0.2, 0) is 14.3 Å². The van der Waals surface area contributed by atoms with E-state index >= 15 is 0 Å². The number of rotatable bonds is 10. The Morgan fingerprint density at radius 1 is 1.19 bits per heavy atom. The minimum absolute atomic E-state index is 0.0111. The van der Waals surface area contributed by atoms with Gasteiger partial charge in [0.05, 0.1) is 30.4 Å². The van der Waals surface area contributed by atoms with Crippen molar-refractivity contribution < 1.29 is 24.2 Å². The molecule has 0 saturated heterocycles. The maximum absolute atomic E-state index is 11.0. The fourth-order valence-electron chi connectivity index (χ4n) is 1.46. The van der Waals surface area contributed by atoms with Crippen LogP contribution in [-0.4, -0.2) is 60.5 Å². The Labute approximate surface area is 139 Å². The van der Waals surface area contributed by atoms with Crippen LogP contribution < -0.4 is 10.6 Å². The molecule has 1 unspecified atom stereocenters. The SMILES string of the molecule is CC(C)(C)C(CNC(=O)O)OCCOCCNC(=O)CI. The van der Waals surface area contributed by atoms with Crippen molar-refractivity contribution in [3.05, 3.63) is 0 Å². The van der Waals surface area contributed by atoms with Crippen molar-refractivity contribution in [2.45, 2.75) is 26.9 Å². The first-order valence-electron chi connectivity index (χ1n) is 6.76. The van der Waals surface area contributed by atoms with Gasteiger partial charge in [0.15, 0.2) is 0 Å². The lowest BCUT2D eigenvalue weighted by atomic mass is 9.89. The second-order valence-corrected chi connectivity index (χ2v) is 6.27. The predicted molar refractivity (Wildman–Crippen MR) is 87.9 cm³/mol. The van der Waals surface area contributed by atoms with E-state index < -0.39 is 6.09 Å². The standard InChI is InChI=1S/C13H25IN2O5/c1-13(2,3)10(9-16-12(18)19)21-7-6-20-5-4-15-11(17)8-14/h10,16H,4-9H2,1-3H3,(H,15,17)(H,18,19). The van der Waals surface area contributed by atoms with Crippen LogP contribution >= 0.6 is 22.6 Å². The maximum Gasteiger partial charge on any atom is 0.404 e. The van der Waals surface area contributed by atoms with E-state index in [0.717, 1.165) is 0 Å². The fourth-order valence-corrected chi connectivity index (χ4v) is 1.73. The summed E-state index contributed by atoms with van der Waals surface area (Å²) in [4.78, 5) is 21.5. The van der Waals surface area contributed by atoms with Crippen molar-refractivity contribution in [1.29, 1.82) is 0 Å². The van der Waals surface area contributed by atoms with Crippen LogP contribution in [0.15, 0.2) is 0 Å². The molecule has 0 heterocycles. The molecule has 0 aliphatic heterocycles. The molecular formula is C13H25IN2O5. The van der Waals surface area contributed by atoms with E-state index in [1.54, 1.807) is 0 Å². The highest BCUT2D eigenvalue weighted by molar-refractivity contribution is 14.1. The summed E-state index contributed by atoms with van der Waals surface area (Å²) in [5, 5.41) is 13.7. The summed E-state index contributed by atoms with van der Waals surface area (Å²) in [5.74, 6) is -0.0111. The highest BCUT2D eigenvalue weighted by atomic mass is 127. The second kappa shape index (κ2) is 11.0. The first kappa shape index (κ1) is 20.4. The van der Waals surface area contributed by atoms with Gasteiger partial charge in [-0.15, -0.1) is 0 Å². The van der Waals surface area contributed by atoms with Crippen LogP contribution in [0.2, 0.25) is 0 Å². The highest BCUT2D eigenvalue weighted by Gasteiger charge is 2.25. The van der Waals surface area contributed by atoms with Gasteiger partial charge in [0.2, 0.25) is 5.91 Å². The third kappa shape index (κ3) is 11.7. The fraction of sp³-hybridized carbons (Fsp3) is 0.846. The lowest BCUT2D eigenvalue weighted by Gasteiger charge is -2.30. The van der Waals surface area contributed by atoms with Gasteiger partial charge in [-0.2, -0.15) is 0 Å². The van der Waals surface area contributed by atoms with E-state index in [9.17, 15) is 9.59 Å². The maximum atomic E-state index is 11.0. The Balaban J connectivity index is 3.78. The van der Waals surface area contributed by atoms with Crippen LogP contribution in [0.4, 0.5) is 4.79 Å². The van der Waals surface area contributed by atoms with Gasteiger partial charge in [0, 0.05) is 13.1 Å². The lowest BCUT2D eigenvalue weighted by Crippen LogP contribution is -2.41. The predicted octanol–water partition coefficient (Wildman–Crippen LogP) is 1.25. The van der Waals surface area contributed by atoms with Crippen molar-refractivity contribution in [3.8, 4) is 0 Å². The number of carbonyl (C=O) groups is 2. The molecule has 0 aromatic rings. The number of carboxylic acid groups (broad SMARTS) is 1. The highest BCUT2D eigenvalue weighted by Crippen LogP contribution is 2.21. The molecule has 0 aromatic carbocycles. The van der Waals surface area contributed by atoms with E-state index in [-0.39, 0.29) is 24.0 Å². The molecule has 0 rings (SSSR count). The monoisotopic (exact) mass is 416 g/mol. The average molecular weight is 416 g/mol.